The molecule has 3 rings (SSSR count). The van der Waals surface area contributed by atoms with E-state index in [1.165, 1.54) is 12.0 Å². The summed E-state index contributed by atoms with van der Waals surface area (Å²) in [4.78, 5) is 2.58. The molecule has 0 amide bonds. The zero-order valence-corrected chi connectivity index (χ0v) is 13.2. The van der Waals surface area contributed by atoms with Gasteiger partial charge in [0.15, 0.2) is 0 Å². The van der Waals surface area contributed by atoms with Crippen molar-refractivity contribution in [3.05, 3.63) is 29.8 Å². The molecule has 20 heavy (non-hydrogen) atoms. The topological polar surface area (TPSA) is 24.5 Å². The third kappa shape index (κ3) is 3.27. The van der Waals surface area contributed by atoms with Crippen molar-refractivity contribution < 1.29 is 4.74 Å². The van der Waals surface area contributed by atoms with Crippen molar-refractivity contribution in [2.75, 3.05) is 26.2 Å². The third-order valence-corrected chi connectivity index (χ3v) is 4.49. The lowest BCUT2D eigenvalue weighted by Gasteiger charge is -2.34. The van der Waals surface area contributed by atoms with Gasteiger partial charge in [-0.1, -0.05) is 25.1 Å². The van der Waals surface area contributed by atoms with Crippen molar-refractivity contribution in [3.63, 3.8) is 0 Å². The quantitative estimate of drug-likeness (QED) is 0.908. The van der Waals surface area contributed by atoms with Gasteiger partial charge >= 0.3 is 0 Å². The number of fused-ring (bicyclic) bond motifs is 1. The summed E-state index contributed by atoms with van der Waals surface area (Å²) in [6.07, 6.45) is 1.28. The van der Waals surface area contributed by atoms with Gasteiger partial charge in [-0.25, -0.2) is 0 Å². The van der Waals surface area contributed by atoms with Crippen molar-refractivity contribution in [3.8, 4) is 5.75 Å². The molecule has 2 aliphatic heterocycles. The number of rotatable bonds is 2. The Morgan fingerprint density at radius 3 is 2.95 bits per heavy atom. The van der Waals surface area contributed by atoms with E-state index in [2.05, 4.69) is 48.3 Å². The van der Waals surface area contributed by atoms with E-state index in [1.54, 1.807) is 0 Å². The van der Waals surface area contributed by atoms with E-state index in [0.29, 0.717) is 11.5 Å². The number of ether oxygens (including phenoxy) is 1. The summed E-state index contributed by atoms with van der Waals surface area (Å²) in [5.41, 5.74) is 1.73. The number of hydrogen-bond donors (Lipinski definition) is 1. The van der Waals surface area contributed by atoms with Crippen LogP contribution < -0.4 is 10.1 Å². The van der Waals surface area contributed by atoms with E-state index in [1.807, 2.05) is 0 Å². The molecule has 0 saturated carbocycles. The summed E-state index contributed by atoms with van der Waals surface area (Å²) in [7, 11) is 0. The van der Waals surface area contributed by atoms with Crippen molar-refractivity contribution >= 4 is 12.4 Å². The number of para-hydroxylation sites is 1. The molecule has 0 aliphatic carbocycles. The SMILES string of the molecule is CC1COc2ccccc2CN1CC1(C)CCNC1.Cl. The Bertz CT molecular complexity index is 446. The van der Waals surface area contributed by atoms with Gasteiger partial charge in [-0.3, -0.25) is 4.90 Å². The van der Waals surface area contributed by atoms with E-state index in [-0.39, 0.29) is 12.4 Å². The predicted octanol–water partition coefficient (Wildman–Crippen LogP) is 2.69. The molecule has 3 nitrogen and oxygen atoms in total. The summed E-state index contributed by atoms with van der Waals surface area (Å²) in [6, 6.07) is 8.92. The first kappa shape index (κ1) is 15.6. The fraction of sp³-hybridized carbons (Fsp3) is 0.625. The Kier molecular flexibility index (Phi) is 4.95. The molecule has 1 aromatic rings. The number of nitrogens with zero attached hydrogens (tertiary/aromatic N) is 1. The standard InChI is InChI=1S/C16H24N2O.ClH/c1-13-10-19-15-6-4-3-5-14(15)9-18(13)12-16(2)7-8-17-11-16;/h3-6,13,17H,7-12H2,1-2H3;1H. The van der Waals surface area contributed by atoms with Crippen LogP contribution in [0.1, 0.15) is 25.8 Å². The van der Waals surface area contributed by atoms with Crippen LogP contribution in [-0.2, 0) is 6.54 Å². The van der Waals surface area contributed by atoms with Gasteiger partial charge in [0.25, 0.3) is 0 Å². The Morgan fingerprint density at radius 2 is 2.20 bits per heavy atom. The van der Waals surface area contributed by atoms with E-state index in [4.69, 9.17) is 4.74 Å². The first-order valence-corrected chi connectivity index (χ1v) is 7.32. The fourth-order valence-corrected chi connectivity index (χ4v) is 3.17. The Balaban J connectivity index is 0.00000147. The van der Waals surface area contributed by atoms with E-state index < -0.39 is 0 Å². The second kappa shape index (κ2) is 6.33. The predicted molar refractivity (Wildman–Crippen MR) is 84.7 cm³/mol. The molecule has 0 bridgehead atoms. The lowest BCUT2D eigenvalue weighted by Crippen LogP contribution is -2.43. The van der Waals surface area contributed by atoms with Crippen LogP contribution in [0.15, 0.2) is 24.3 Å². The van der Waals surface area contributed by atoms with E-state index >= 15 is 0 Å². The number of halogens is 1. The molecule has 1 fully saturated rings. The van der Waals surface area contributed by atoms with Crippen LogP contribution >= 0.6 is 12.4 Å². The number of hydrogen-bond acceptors (Lipinski definition) is 3. The van der Waals surface area contributed by atoms with Crippen molar-refractivity contribution in [2.45, 2.75) is 32.9 Å². The average molecular weight is 297 g/mol. The molecule has 4 heteroatoms. The van der Waals surface area contributed by atoms with Crippen LogP contribution in [0.5, 0.6) is 5.75 Å². The Labute approximate surface area is 128 Å². The van der Waals surface area contributed by atoms with Crippen molar-refractivity contribution in [1.82, 2.24) is 10.2 Å². The number of benzene rings is 1. The van der Waals surface area contributed by atoms with Crippen LogP contribution in [0.4, 0.5) is 0 Å². The maximum Gasteiger partial charge on any atom is 0.123 e. The zero-order chi connectivity index (χ0) is 13.3. The van der Waals surface area contributed by atoms with E-state index in [9.17, 15) is 0 Å². The summed E-state index contributed by atoms with van der Waals surface area (Å²) in [6.45, 7) is 9.92. The van der Waals surface area contributed by atoms with Crippen LogP contribution in [-0.4, -0.2) is 37.2 Å². The molecule has 112 valence electrons. The highest BCUT2D eigenvalue weighted by Crippen LogP contribution is 2.30. The maximum absolute atomic E-state index is 5.93. The molecule has 0 aromatic heterocycles. The average Bonchev–Trinajstić information content (AvgIpc) is 2.76. The lowest BCUT2D eigenvalue weighted by atomic mass is 9.88. The van der Waals surface area contributed by atoms with Gasteiger partial charge in [0.1, 0.15) is 12.4 Å². The smallest absolute Gasteiger partial charge is 0.123 e. The minimum atomic E-state index is 0. The summed E-state index contributed by atoms with van der Waals surface area (Å²) >= 11 is 0. The van der Waals surface area contributed by atoms with Gasteiger partial charge in [0.05, 0.1) is 0 Å². The lowest BCUT2D eigenvalue weighted by molar-refractivity contribution is 0.108. The van der Waals surface area contributed by atoms with Gasteiger partial charge in [0.2, 0.25) is 0 Å². The van der Waals surface area contributed by atoms with Gasteiger partial charge in [-0.2, -0.15) is 0 Å². The van der Waals surface area contributed by atoms with Crippen molar-refractivity contribution in [2.24, 2.45) is 5.41 Å². The first-order valence-electron chi connectivity index (χ1n) is 7.32. The van der Waals surface area contributed by atoms with Crippen LogP contribution in [0.25, 0.3) is 0 Å². The molecule has 0 spiro atoms. The molecule has 1 N–H and O–H groups in total. The second-order valence-electron chi connectivity index (χ2n) is 6.41. The molecular weight excluding hydrogens is 272 g/mol. The summed E-state index contributed by atoms with van der Waals surface area (Å²) in [5, 5.41) is 3.49. The molecule has 1 aromatic carbocycles. The highest BCUT2D eigenvalue weighted by atomic mass is 35.5. The highest BCUT2D eigenvalue weighted by Gasteiger charge is 2.33. The van der Waals surface area contributed by atoms with Gasteiger partial charge in [-0.05, 0) is 31.4 Å². The van der Waals surface area contributed by atoms with Crippen molar-refractivity contribution in [1.29, 1.82) is 0 Å². The van der Waals surface area contributed by atoms with Gasteiger partial charge in [0, 0.05) is 31.2 Å². The molecule has 2 heterocycles. The molecule has 0 radical (unpaired) electrons. The van der Waals surface area contributed by atoms with Crippen LogP contribution in [0, 0.1) is 5.41 Å². The maximum atomic E-state index is 5.93. The van der Waals surface area contributed by atoms with Gasteiger partial charge < -0.3 is 10.1 Å². The normalized spacial score (nSPS) is 30.0. The first-order chi connectivity index (χ1) is 9.16. The highest BCUT2D eigenvalue weighted by molar-refractivity contribution is 5.85. The zero-order valence-electron chi connectivity index (χ0n) is 12.4. The third-order valence-electron chi connectivity index (χ3n) is 4.49. The summed E-state index contributed by atoms with van der Waals surface area (Å²) < 4.78 is 5.93. The van der Waals surface area contributed by atoms with E-state index in [0.717, 1.165) is 38.5 Å². The monoisotopic (exact) mass is 296 g/mol. The minimum Gasteiger partial charge on any atom is -0.492 e. The Hall–Kier alpha value is -0.770. The summed E-state index contributed by atoms with van der Waals surface area (Å²) in [5.74, 6) is 1.06. The molecule has 2 atom stereocenters. The minimum absolute atomic E-state index is 0. The fourth-order valence-electron chi connectivity index (χ4n) is 3.17. The molecule has 2 aliphatic rings. The number of nitrogens with one attached hydrogen (secondary N) is 1. The molecule has 1 saturated heterocycles. The van der Waals surface area contributed by atoms with Gasteiger partial charge in [-0.15, -0.1) is 12.4 Å². The second-order valence-corrected chi connectivity index (χ2v) is 6.41. The largest absolute Gasteiger partial charge is 0.492 e. The molecule has 2 unspecified atom stereocenters. The van der Waals surface area contributed by atoms with Crippen LogP contribution in [0.2, 0.25) is 0 Å². The Morgan fingerprint density at radius 1 is 1.40 bits per heavy atom. The van der Waals surface area contributed by atoms with Crippen LogP contribution in [0.3, 0.4) is 0 Å². The molecular formula is C16H25ClN2O.